The molecule has 1 fully saturated rings. The number of carbonyl (C=O) groups excluding carboxylic acids is 1. The zero-order valence-electron chi connectivity index (χ0n) is 12.2. The van der Waals surface area contributed by atoms with E-state index < -0.39 is 0 Å². The van der Waals surface area contributed by atoms with Crippen molar-refractivity contribution in [2.45, 2.75) is 38.1 Å². The third-order valence-electron chi connectivity index (χ3n) is 4.15. The van der Waals surface area contributed by atoms with Crippen molar-refractivity contribution in [2.24, 2.45) is 0 Å². The van der Waals surface area contributed by atoms with Crippen molar-refractivity contribution in [3.05, 3.63) is 39.5 Å². The largest absolute Gasteiger partial charge is 0.339 e. The van der Waals surface area contributed by atoms with Crippen molar-refractivity contribution in [3.8, 4) is 0 Å². The van der Waals surface area contributed by atoms with Gasteiger partial charge >= 0.3 is 0 Å². The van der Waals surface area contributed by atoms with E-state index in [1.807, 2.05) is 23.7 Å². The Balaban J connectivity index is 1.64. The molecule has 0 saturated heterocycles. The molecule has 0 aromatic carbocycles. The zero-order chi connectivity index (χ0) is 15.2. The van der Waals surface area contributed by atoms with Gasteiger partial charge in [0.15, 0.2) is 4.96 Å². The molecule has 1 N–H and O–H groups in total. The molecule has 1 aliphatic carbocycles. The van der Waals surface area contributed by atoms with E-state index in [2.05, 4.69) is 20.7 Å². The SMILES string of the molecule is Cc1csc(C2(NC(=O)c3cn4ccnc4s3)CCCC2)n1. The number of imidazole rings is 1. The molecule has 5 nitrogen and oxygen atoms in total. The lowest BCUT2D eigenvalue weighted by molar-refractivity contribution is 0.0902. The first kappa shape index (κ1) is 13.9. The van der Waals surface area contributed by atoms with Gasteiger partial charge in [0, 0.05) is 29.7 Å². The fraction of sp³-hybridized carbons (Fsp3) is 0.400. The van der Waals surface area contributed by atoms with Gasteiger partial charge in [-0.05, 0) is 19.8 Å². The van der Waals surface area contributed by atoms with Gasteiger partial charge in [-0.25, -0.2) is 9.97 Å². The maximum absolute atomic E-state index is 12.7. The summed E-state index contributed by atoms with van der Waals surface area (Å²) in [7, 11) is 0. The molecule has 3 aromatic heterocycles. The van der Waals surface area contributed by atoms with Gasteiger partial charge in [-0.2, -0.15) is 0 Å². The molecule has 3 heterocycles. The predicted molar refractivity (Wildman–Crippen MR) is 87.5 cm³/mol. The molecule has 22 heavy (non-hydrogen) atoms. The maximum atomic E-state index is 12.7. The van der Waals surface area contributed by atoms with Crippen LogP contribution in [0.4, 0.5) is 0 Å². The number of carbonyl (C=O) groups is 1. The molecule has 0 radical (unpaired) electrons. The fourth-order valence-electron chi connectivity index (χ4n) is 3.06. The van der Waals surface area contributed by atoms with Crippen LogP contribution in [-0.4, -0.2) is 20.3 Å². The van der Waals surface area contributed by atoms with E-state index in [1.54, 1.807) is 17.5 Å². The number of hydrogen-bond donors (Lipinski definition) is 1. The van der Waals surface area contributed by atoms with E-state index in [0.29, 0.717) is 4.88 Å². The topological polar surface area (TPSA) is 59.3 Å². The summed E-state index contributed by atoms with van der Waals surface area (Å²) in [5.74, 6) is -0.0229. The summed E-state index contributed by atoms with van der Waals surface area (Å²) in [6.45, 7) is 2.00. The highest BCUT2D eigenvalue weighted by Crippen LogP contribution is 2.40. The lowest BCUT2D eigenvalue weighted by Crippen LogP contribution is -2.43. The molecular weight excluding hydrogens is 316 g/mol. The van der Waals surface area contributed by atoms with Crippen molar-refractivity contribution in [1.82, 2.24) is 19.7 Å². The molecule has 0 atom stereocenters. The van der Waals surface area contributed by atoms with Crippen molar-refractivity contribution in [3.63, 3.8) is 0 Å². The van der Waals surface area contributed by atoms with Gasteiger partial charge in [-0.15, -0.1) is 11.3 Å². The predicted octanol–water partition coefficient (Wildman–Crippen LogP) is 3.36. The van der Waals surface area contributed by atoms with Crippen LogP contribution in [0.25, 0.3) is 4.96 Å². The second-order valence-corrected chi connectivity index (χ2v) is 7.62. The number of fused-ring (bicyclic) bond motifs is 1. The van der Waals surface area contributed by atoms with Gasteiger partial charge in [0.05, 0.1) is 5.54 Å². The van der Waals surface area contributed by atoms with Crippen molar-refractivity contribution >= 4 is 33.5 Å². The Kier molecular flexibility index (Phi) is 3.27. The summed E-state index contributed by atoms with van der Waals surface area (Å²) in [6.07, 6.45) is 9.64. The summed E-state index contributed by atoms with van der Waals surface area (Å²) in [5.41, 5.74) is 0.734. The quantitative estimate of drug-likeness (QED) is 0.800. The maximum Gasteiger partial charge on any atom is 0.263 e. The Morgan fingerprint density at radius 3 is 2.91 bits per heavy atom. The number of rotatable bonds is 3. The lowest BCUT2D eigenvalue weighted by Gasteiger charge is -2.27. The van der Waals surface area contributed by atoms with Crippen LogP contribution in [0.1, 0.15) is 46.1 Å². The number of aryl methyl sites for hydroxylation is 1. The van der Waals surface area contributed by atoms with E-state index in [9.17, 15) is 4.79 Å². The molecule has 0 aliphatic heterocycles. The fourth-order valence-corrected chi connectivity index (χ4v) is 4.91. The molecule has 3 aromatic rings. The number of nitrogens with one attached hydrogen (secondary N) is 1. The smallest absolute Gasteiger partial charge is 0.263 e. The third-order valence-corrected chi connectivity index (χ3v) is 6.33. The van der Waals surface area contributed by atoms with Crippen LogP contribution in [0, 0.1) is 6.92 Å². The van der Waals surface area contributed by atoms with Gasteiger partial charge in [-0.1, -0.05) is 24.2 Å². The summed E-state index contributed by atoms with van der Waals surface area (Å²) >= 11 is 3.07. The molecule has 1 aliphatic rings. The summed E-state index contributed by atoms with van der Waals surface area (Å²) in [5, 5.41) is 6.36. The highest BCUT2D eigenvalue weighted by molar-refractivity contribution is 7.18. The first-order chi connectivity index (χ1) is 10.7. The average molecular weight is 332 g/mol. The number of hydrogen-bond acceptors (Lipinski definition) is 5. The second kappa shape index (κ2) is 5.17. The van der Waals surface area contributed by atoms with Crippen LogP contribution < -0.4 is 5.32 Å². The van der Waals surface area contributed by atoms with Gasteiger partial charge in [0.1, 0.15) is 9.88 Å². The Morgan fingerprint density at radius 1 is 1.41 bits per heavy atom. The van der Waals surface area contributed by atoms with Crippen LogP contribution in [0.2, 0.25) is 0 Å². The van der Waals surface area contributed by atoms with Gasteiger partial charge < -0.3 is 5.32 Å². The molecule has 1 saturated carbocycles. The number of amides is 1. The van der Waals surface area contributed by atoms with Crippen LogP contribution in [-0.2, 0) is 5.54 Å². The molecule has 0 unspecified atom stereocenters. The molecule has 4 rings (SSSR count). The van der Waals surface area contributed by atoms with Gasteiger partial charge in [0.25, 0.3) is 5.91 Å². The minimum absolute atomic E-state index is 0.0229. The van der Waals surface area contributed by atoms with E-state index >= 15 is 0 Å². The zero-order valence-corrected chi connectivity index (χ0v) is 13.8. The van der Waals surface area contributed by atoms with E-state index in [-0.39, 0.29) is 11.4 Å². The highest BCUT2D eigenvalue weighted by atomic mass is 32.1. The Morgan fingerprint density at radius 2 is 2.23 bits per heavy atom. The van der Waals surface area contributed by atoms with E-state index in [4.69, 9.17) is 0 Å². The first-order valence-electron chi connectivity index (χ1n) is 7.34. The van der Waals surface area contributed by atoms with Crippen LogP contribution in [0.3, 0.4) is 0 Å². The second-order valence-electron chi connectivity index (χ2n) is 5.75. The molecule has 0 bridgehead atoms. The van der Waals surface area contributed by atoms with Crippen molar-refractivity contribution in [2.75, 3.05) is 0 Å². The Bertz CT molecular complexity index is 797. The van der Waals surface area contributed by atoms with Crippen molar-refractivity contribution in [1.29, 1.82) is 0 Å². The van der Waals surface area contributed by atoms with E-state index in [1.165, 1.54) is 11.3 Å². The van der Waals surface area contributed by atoms with E-state index in [0.717, 1.165) is 41.3 Å². The molecule has 0 spiro atoms. The van der Waals surface area contributed by atoms with Gasteiger partial charge in [-0.3, -0.25) is 9.20 Å². The lowest BCUT2D eigenvalue weighted by atomic mass is 9.98. The Hall–Kier alpha value is -1.73. The molecule has 7 heteroatoms. The standard InChI is InChI=1S/C15H16N4OS2/c1-10-9-21-13(17-10)15(4-2-3-5-15)18-12(20)11-8-19-7-6-16-14(19)22-11/h6-9H,2-5H2,1H3,(H,18,20). The monoisotopic (exact) mass is 332 g/mol. The molecular formula is C15H16N4OS2. The average Bonchev–Trinajstić information content (AvgIpc) is 3.20. The molecule has 114 valence electrons. The van der Waals surface area contributed by atoms with Crippen LogP contribution in [0.5, 0.6) is 0 Å². The number of nitrogens with zero attached hydrogens (tertiary/aromatic N) is 3. The first-order valence-corrected chi connectivity index (χ1v) is 9.04. The number of aromatic nitrogens is 3. The summed E-state index contributed by atoms with van der Waals surface area (Å²) < 4.78 is 1.88. The molecule has 1 amide bonds. The number of thiazole rings is 2. The third kappa shape index (κ3) is 2.24. The van der Waals surface area contributed by atoms with Gasteiger partial charge in [0.2, 0.25) is 0 Å². The normalized spacial score (nSPS) is 17.1. The Labute approximate surface area is 136 Å². The summed E-state index contributed by atoms with van der Waals surface area (Å²) in [4.78, 5) is 23.1. The van der Waals surface area contributed by atoms with Crippen LogP contribution >= 0.6 is 22.7 Å². The van der Waals surface area contributed by atoms with Crippen LogP contribution in [0.15, 0.2) is 24.0 Å². The minimum Gasteiger partial charge on any atom is -0.339 e. The highest BCUT2D eigenvalue weighted by Gasteiger charge is 2.40. The summed E-state index contributed by atoms with van der Waals surface area (Å²) in [6, 6.07) is 0. The minimum atomic E-state index is -0.290. The van der Waals surface area contributed by atoms with Crippen molar-refractivity contribution < 1.29 is 4.79 Å².